The highest BCUT2D eigenvalue weighted by Gasteiger charge is 2.15. The maximum atomic E-state index is 11.1. The molecule has 8 nitrogen and oxygen atoms in total. The number of nitrogens with zero attached hydrogens (tertiary/aromatic N) is 1. The zero-order valence-electron chi connectivity index (χ0n) is 11.0. The van der Waals surface area contributed by atoms with Crippen LogP contribution in [0.1, 0.15) is 12.5 Å². The van der Waals surface area contributed by atoms with E-state index in [1.165, 1.54) is 6.07 Å². The summed E-state index contributed by atoms with van der Waals surface area (Å²) >= 11 is 0. The van der Waals surface area contributed by atoms with Crippen molar-refractivity contribution in [1.82, 2.24) is 21.6 Å². The topological polar surface area (TPSA) is 107 Å². The Hall–Kier alpha value is -2.32. The lowest BCUT2D eigenvalue weighted by molar-refractivity contribution is -0.123. The molecule has 1 amide bonds. The molecular formula is C12H17N5O3. The lowest BCUT2D eigenvalue weighted by atomic mass is 10.2. The van der Waals surface area contributed by atoms with E-state index in [2.05, 4.69) is 26.7 Å². The summed E-state index contributed by atoms with van der Waals surface area (Å²) in [6.07, 6.45) is 1.08. The van der Waals surface area contributed by atoms with Gasteiger partial charge in [0.25, 0.3) is 0 Å². The van der Waals surface area contributed by atoms with Crippen molar-refractivity contribution in [2.24, 2.45) is 5.10 Å². The third kappa shape index (κ3) is 3.84. The van der Waals surface area contributed by atoms with Gasteiger partial charge in [-0.1, -0.05) is 0 Å². The Morgan fingerprint density at radius 2 is 2.45 bits per heavy atom. The van der Waals surface area contributed by atoms with Crippen molar-refractivity contribution in [1.29, 1.82) is 0 Å². The highest BCUT2D eigenvalue weighted by atomic mass is 16.5. The predicted molar refractivity (Wildman–Crippen MR) is 73.1 cm³/mol. The van der Waals surface area contributed by atoms with Gasteiger partial charge in [-0.15, -0.1) is 0 Å². The molecule has 0 saturated carbocycles. The number of hydrazine groups is 1. The first-order valence-electron chi connectivity index (χ1n) is 6.21. The lowest BCUT2D eigenvalue weighted by Gasteiger charge is -2.24. The Labute approximate surface area is 116 Å². The molecule has 1 saturated heterocycles. The van der Waals surface area contributed by atoms with Gasteiger partial charge in [-0.3, -0.25) is 10.2 Å². The quantitative estimate of drug-likeness (QED) is 0.358. The molecule has 1 aliphatic heterocycles. The molecule has 1 heterocycles. The number of ether oxygens (including phenoxy) is 1. The number of aromatic hydroxyl groups is 1. The minimum atomic E-state index is -0.476. The normalized spacial score (nSPS) is 18.9. The molecular weight excluding hydrogens is 262 g/mol. The van der Waals surface area contributed by atoms with Crippen LogP contribution in [0.5, 0.6) is 11.5 Å². The number of rotatable bonds is 5. The smallest absolute Gasteiger partial charge is 0.238 e. The molecule has 0 radical (unpaired) electrons. The molecule has 0 aliphatic carbocycles. The summed E-state index contributed by atoms with van der Waals surface area (Å²) in [5, 5.41) is 16.2. The highest BCUT2D eigenvalue weighted by Crippen LogP contribution is 2.26. The fourth-order valence-electron chi connectivity index (χ4n) is 1.61. The van der Waals surface area contributed by atoms with Crippen LogP contribution in [0.4, 0.5) is 0 Å². The average molecular weight is 279 g/mol. The van der Waals surface area contributed by atoms with Crippen LogP contribution in [0, 0.1) is 0 Å². The van der Waals surface area contributed by atoms with Crippen LogP contribution >= 0.6 is 0 Å². The second kappa shape index (κ2) is 6.73. The van der Waals surface area contributed by atoms with Crippen molar-refractivity contribution < 1.29 is 14.6 Å². The van der Waals surface area contributed by atoms with E-state index >= 15 is 0 Å². The van der Waals surface area contributed by atoms with Crippen LogP contribution in [0.15, 0.2) is 23.3 Å². The molecule has 1 aromatic carbocycles. The zero-order chi connectivity index (χ0) is 14.4. The van der Waals surface area contributed by atoms with Gasteiger partial charge in [0.15, 0.2) is 17.8 Å². The Morgan fingerprint density at radius 1 is 1.60 bits per heavy atom. The van der Waals surface area contributed by atoms with E-state index in [1.807, 2.05) is 6.92 Å². The van der Waals surface area contributed by atoms with Crippen molar-refractivity contribution in [3.8, 4) is 11.5 Å². The fourth-order valence-corrected chi connectivity index (χ4v) is 1.61. The summed E-state index contributed by atoms with van der Waals surface area (Å²) in [4.78, 5) is 11.1. The van der Waals surface area contributed by atoms with E-state index in [9.17, 15) is 9.90 Å². The molecule has 0 aromatic heterocycles. The number of phenolic OH excluding ortho intramolecular Hbond substituents is 1. The van der Waals surface area contributed by atoms with E-state index in [0.29, 0.717) is 12.4 Å². The van der Waals surface area contributed by atoms with Gasteiger partial charge in [-0.25, -0.2) is 10.9 Å². The molecule has 1 atom stereocenters. The fraction of sp³-hybridized carbons (Fsp3) is 0.333. The van der Waals surface area contributed by atoms with E-state index in [-0.39, 0.29) is 18.2 Å². The minimum Gasteiger partial charge on any atom is -0.504 e. The molecule has 8 heteroatoms. The summed E-state index contributed by atoms with van der Waals surface area (Å²) in [7, 11) is 0. The number of hydrogen-bond acceptors (Lipinski definition) is 7. The molecule has 0 spiro atoms. The van der Waals surface area contributed by atoms with Crippen molar-refractivity contribution in [3.05, 3.63) is 23.8 Å². The highest BCUT2D eigenvalue weighted by molar-refractivity contribution is 5.81. The number of benzene rings is 1. The Bertz CT molecular complexity index is 506. The Morgan fingerprint density at radius 3 is 3.20 bits per heavy atom. The third-order valence-corrected chi connectivity index (χ3v) is 2.50. The standard InChI is InChI=1S/C12H17N5O3/c1-2-20-10-5-8(3-4-9(10)18)6-13-16-12-15-11(19)7-14-17-12/h3-6,12,14,16-18H,2,7H2,1H3,(H,15,19)/b13-6+. The van der Waals surface area contributed by atoms with Gasteiger partial charge in [-0.05, 0) is 30.7 Å². The van der Waals surface area contributed by atoms with Crippen LogP contribution in [0.25, 0.3) is 0 Å². The summed E-state index contributed by atoms with van der Waals surface area (Å²) < 4.78 is 5.28. The van der Waals surface area contributed by atoms with Crippen molar-refractivity contribution in [2.45, 2.75) is 13.2 Å². The number of phenols is 1. The van der Waals surface area contributed by atoms with Crippen LogP contribution in [0.3, 0.4) is 0 Å². The Kier molecular flexibility index (Phi) is 4.75. The zero-order valence-corrected chi connectivity index (χ0v) is 11.0. The second-order valence-corrected chi connectivity index (χ2v) is 4.05. The molecule has 0 bridgehead atoms. The average Bonchev–Trinajstić information content (AvgIpc) is 2.43. The number of nitrogens with one attached hydrogen (secondary N) is 4. The van der Waals surface area contributed by atoms with Crippen LogP contribution in [-0.2, 0) is 4.79 Å². The van der Waals surface area contributed by atoms with Gasteiger partial charge in [0.2, 0.25) is 5.91 Å². The predicted octanol–water partition coefficient (Wildman–Crippen LogP) is -0.778. The van der Waals surface area contributed by atoms with Gasteiger partial charge < -0.3 is 15.2 Å². The van der Waals surface area contributed by atoms with Gasteiger partial charge in [0.05, 0.1) is 19.4 Å². The van der Waals surface area contributed by atoms with Gasteiger partial charge in [-0.2, -0.15) is 5.10 Å². The maximum Gasteiger partial charge on any atom is 0.238 e. The number of hydrogen-bond donors (Lipinski definition) is 5. The molecule has 1 fully saturated rings. The molecule has 5 N–H and O–H groups in total. The van der Waals surface area contributed by atoms with Crippen LogP contribution in [0.2, 0.25) is 0 Å². The van der Waals surface area contributed by atoms with Crippen molar-refractivity contribution in [3.63, 3.8) is 0 Å². The van der Waals surface area contributed by atoms with Crippen molar-refractivity contribution >= 4 is 12.1 Å². The second-order valence-electron chi connectivity index (χ2n) is 4.05. The summed E-state index contributed by atoms with van der Waals surface area (Å²) in [5.74, 6) is 0.365. The number of carbonyl (C=O) groups is 1. The first kappa shape index (κ1) is 14.1. The molecule has 20 heavy (non-hydrogen) atoms. The first-order chi connectivity index (χ1) is 9.69. The minimum absolute atomic E-state index is 0.0855. The Balaban J connectivity index is 1.93. The van der Waals surface area contributed by atoms with Gasteiger partial charge in [0, 0.05) is 0 Å². The van der Waals surface area contributed by atoms with Gasteiger partial charge in [0.1, 0.15) is 0 Å². The maximum absolute atomic E-state index is 11.1. The number of carbonyl (C=O) groups excluding carboxylic acids is 1. The molecule has 1 aliphatic rings. The number of hydrazone groups is 1. The van der Waals surface area contributed by atoms with Crippen LogP contribution in [-0.4, -0.2) is 36.7 Å². The molecule has 2 rings (SSSR count). The molecule has 108 valence electrons. The lowest BCUT2D eigenvalue weighted by Crippen LogP contribution is -2.64. The monoisotopic (exact) mass is 279 g/mol. The van der Waals surface area contributed by atoms with E-state index in [0.717, 1.165) is 5.56 Å². The summed E-state index contributed by atoms with van der Waals surface area (Å²) in [6, 6.07) is 4.91. The first-order valence-corrected chi connectivity index (χ1v) is 6.21. The summed E-state index contributed by atoms with van der Waals surface area (Å²) in [6.45, 7) is 2.53. The number of amides is 1. The van der Waals surface area contributed by atoms with Crippen molar-refractivity contribution in [2.75, 3.05) is 13.2 Å². The van der Waals surface area contributed by atoms with E-state index < -0.39 is 6.29 Å². The largest absolute Gasteiger partial charge is 0.504 e. The van der Waals surface area contributed by atoms with E-state index in [1.54, 1.807) is 18.3 Å². The summed E-state index contributed by atoms with van der Waals surface area (Å²) in [5.41, 5.74) is 9.01. The molecule has 1 unspecified atom stereocenters. The SMILES string of the molecule is CCOc1cc(/C=N/NC2NNCC(=O)N2)ccc1O. The van der Waals surface area contributed by atoms with E-state index in [4.69, 9.17) is 4.74 Å². The van der Waals surface area contributed by atoms with Gasteiger partial charge >= 0.3 is 0 Å². The molecule has 1 aromatic rings. The van der Waals surface area contributed by atoms with Crippen LogP contribution < -0.4 is 26.3 Å². The third-order valence-electron chi connectivity index (χ3n) is 2.50.